The average molecular weight is 389 g/mol. The van der Waals surface area contributed by atoms with Crippen molar-refractivity contribution >= 4 is 22.7 Å². The first-order chi connectivity index (χ1) is 14.3. The van der Waals surface area contributed by atoms with Gasteiger partial charge in [0.05, 0.1) is 7.11 Å². The summed E-state index contributed by atoms with van der Waals surface area (Å²) in [6, 6.07) is 20.3. The topological polar surface area (TPSA) is 48.8 Å². The van der Waals surface area contributed by atoms with Gasteiger partial charge in [0.25, 0.3) is 0 Å². The van der Waals surface area contributed by atoms with E-state index in [4.69, 9.17) is 14.9 Å². The standard InChI is InChI=1S/C24H27N3O2/c1-28-21-6-4-5-20(17-21)27-13-11-26(12-14-27)15-16-29-24-10-9-19(18-25)22-7-2-3-8-23(22)24/h2-10,17-18,25H,11-16H2,1H3. The molecule has 3 aromatic carbocycles. The van der Waals surface area contributed by atoms with Crippen molar-refractivity contribution in [2.45, 2.75) is 0 Å². The maximum atomic E-state index is 7.59. The summed E-state index contributed by atoms with van der Waals surface area (Å²) in [5.74, 6) is 1.79. The van der Waals surface area contributed by atoms with Crippen LogP contribution in [0.4, 0.5) is 5.69 Å². The second-order valence-electron chi connectivity index (χ2n) is 7.22. The lowest BCUT2D eigenvalue weighted by Crippen LogP contribution is -2.47. The van der Waals surface area contributed by atoms with E-state index in [0.717, 1.165) is 60.6 Å². The predicted octanol–water partition coefficient (Wildman–Crippen LogP) is 4.05. The van der Waals surface area contributed by atoms with E-state index in [1.165, 1.54) is 11.9 Å². The Morgan fingerprint density at radius 2 is 1.72 bits per heavy atom. The van der Waals surface area contributed by atoms with Crippen molar-refractivity contribution in [3.8, 4) is 11.5 Å². The Kier molecular flexibility index (Phi) is 5.96. The van der Waals surface area contributed by atoms with Crippen LogP contribution in [0, 0.1) is 5.41 Å². The molecule has 29 heavy (non-hydrogen) atoms. The number of hydrogen-bond acceptors (Lipinski definition) is 5. The van der Waals surface area contributed by atoms with Crippen LogP contribution in [-0.4, -0.2) is 57.6 Å². The van der Waals surface area contributed by atoms with Crippen LogP contribution < -0.4 is 14.4 Å². The molecule has 0 aliphatic carbocycles. The van der Waals surface area contributed by atoms with Crippen molar-refractivity contribution in [3.63, 3.8) is 0 Å². The number of nitrogens with zero attached hydrogens (tertiary/aromatic N) is 2. The monoisotopic (exact) mass is 389 g/mol. The van der Waals surface area contributed by atoms with Gasteiger partial charge < -0.3 is 19.8 Å². The molecule has 4 rings (SSSR count). The molecule has 1 aliphatic heterocycles. The highest BCUT2D eigenvalue weighted by Gasteiger charge is 2.17. The number of piperazine rings is 1. The molecule has 0 radical (unpaired) electrons. The van der Waals surface area contributed by atoms with E-state index in [9.17, 15) is 0 Å². The quantitative estimate of drug-likeness (QED) is 0.620. The second-order valence-corrected chi connectivity index (χ2v) is 7.22. The van der Waals surface area contributed by atoms with Gasteiger partial charge in [-0.3, -0.25) is 4.90 Å². The van der Waals surface area contributed by atoms with Crippen LogP contribution in [-0.2, 0) is 0 Å². The van der Waals surface area contributed by atoms with Gasteiger partial charge in [-0.1, -0.05) is 30.3 Å². The van der Waals surface area contributed by atoms with Gasteiger partial charge in [-0.05, 0) is 29.7 Å². The number of hydrogen-bond donors (Lipinski definition) is 1. The second kappa shape index (κ2) is 8.97. The van der Waals surface area contributed by atoms with Crippen molar-refractivity contribution < 1.29 is 9.47 Å². The summed E-state index contributed by atoms with van der Waals surface area (Å²) in [4.78, 5) is 4.86. The molecule has 150 valence electrons. The van der Waals surface area contributed by atoms with E-state index < -0.39 is 0 Å². The van der Waals surface area contributed by atoms with Crippen molar-refractivity contribution in [2.75, 3.05) is 51.3 Å². The summed E-state index contributed by atoms with van der Waals surface area (Å²) in [5.41, 5.74) is 2.14. The lowest BCUT2D eigenvalue weighted by Gasteiger charge is -2.36. The highest BCUT2D eigenvalue weighted by molar-refractivity contribution is 6.01. The molecule has 0 bridgehead atoms. The van der Waals surface area contributed by atoms with Crippen LogP contribution in [0.2, 0.25) is 0 Å². The van der Waals surface area contributed by atoms with Gasteiger partial charge in [-0.15, -0.1) is 0 Å². The fourth-order valence-corrected chi connectivity index (χ4v) is 3.87. The molecule has 1 saturated heterocycles. The number of ether oxygens (including phenoxy) is 2. The molecule has 1 N–H and O–H groups in total. The molecule has 1 fully saturated rings. The normalized spacial score (nSPS) is 14.7. The largest absolute Gasteiger partial charge is 0.497 e. The smallest absolute Gasteiger partial charge is 0.127 e. The van der Waals surface area contributed by atoms with Gasteiger partial charge in [0.2, 0.25) is 0 Å². The van der Waals surface area contributed by atoms with E-state index in [1.807, 2.05) is 42.5 Å². The van der Waals surface area contributed by atoms with E-state index in [1.54, 1.807) is 7.11 Å². The highest BCUT2D eigenvalue weighted by atomic mass is 16.5. The highest BCUT2D eigenvalue weighted by Crippen LogP contribution is 2.28. The van der Waals surface area contributed by atoms with Gasteiger partial charge in [-0.25, -0.2) is 0 Å². The van der Waals surface area contributed by atoms with E-state index in [2.05, 4.69) is 28.0 Å². The molecule has 0 spiro atoms. The lowest BCUT2D eigenvalue weighted by molar-refractivity contribution is 0.201. The maximum absolute atomic E-state index is 7.59. The molecule has 5 heteroatoms. The Bertz CT molecular complexity index is 981. The Labute approximate surface area is 172 Å². The number of methoxy groups -OCH3 is 1. The summed E-state index contributed by atoms with van der Waals surface area (Å²) in [5, 5.41) is 9.71. The molecule has 0 saturated carbocycles. The third-order valence-electron chi connectivity index (χ3n) is 5.53. The van der Waals surface area contributed by atoms with E-state index >= 15 is 0 Å². The number of anilines is 1. The number of benzene rings is 3. The SMILES string of the molecule is COc1cccc(N2CCN(CCOc3ccc(C=N)c4ccccc34)CC2)c1. The summed E-state index contributed by atoms with van der Waals surface area (Å²) in [6.45, 7) is 5.62. The van der Waals surface area contributed by atoms with Gasteiger partial charge in [0.1, 0.15) is 18.1 Å². The van der Waals surface area contributed by atoms with Gasteiger partial charge >= 0.3 is 0 Å². The van der Waals surface area contributed by atoms with Crippen LogP contribution in [0.1, 0.15) is 5.56 Å². The van der Waals surface area contributed by atoms with Crippen molar-refractivity contribution in [1.29, 1.82) is 5.41 Å². The van der Waals surface area contributed by atoms with E-state index in [0.29, 0.717) is 6.61 Å². The van der Waals surface area contributed by atoms with Crippen LogP contribution in [0.25, 0.3) is 10.8 Å². The van der Waals surface area contributed by atoms with Crippen molar-refractivity contribution in [3.05, 3.63) is 66.2 Å². The fourth-order valence-electron chi connectivity index (χ4n) is 3.87. The van der Waals surface area contributed by atoms with Gasteiger partial charge in [0.15, 0.2) is 0 Å². The third-order valence-corrected chi connectivity index (χ3v) is 5.53. The van der Waals surface area contributed by atoms with Crippen molar-refractivity contribution in [2.24, 2.45) is 0 Å². The van der Waals surface area contributed by atoms with Crippen LogP contribution in [0.3, 0.4) is 0 Å². The molecule has 0 amide bonds. The predicted molar refractivity (Wildman–Crippen MR) is 119 cm³/mol. The zero-order valence-electron chi connectivity index (χ0n) is 16.8. The zero-order valence-corrected chi connectivity index (χ0v) is 16.8. The van der Waals surface area contributed by atoms with E-state index in [-0.39, 0.29) is 0 Å². The van der Waals surface area contributed by atoms with Crippen LogP contribution in [0.15, 0.2) is 60.7 Å². The number of rotatable bonds is 7. The summed E-state index contributed by atoms with van der Waals surface area (Å²) in [7, 11) is 1.71. The minimum Gasteiger partial charge on any atom is -0.497 e. The molecule has 0 aromatic heterocycles. The number of nitrogens with one attached hydrogen (secondary N) is 1. The van der Waals surface area contributed by atoms with Gasteiger partial charge in [-0.2, -0.15) is 0 Å². The molecule has 1 aliphatic rings. The first-order valence-electron chi connectivity index (χ1n) is 10.0. The first-order valence-corrected chi connectivity index (χ1v) is 10.0. The van der Waals surface area contributed by atoms with Crippen LogP contribution >= 0.6 is 0 Å². The minimum atomic E-state index is 0.660. The zero-order chi connectivity index (χ0) is 20.1. The molecular weight excluding hydrogens is 362 g/mol. The lowest BCUT2D eigenvalue weighted by atomic mass is 10.0. The molecule has 0 unspecified atom stereocenters. The molecular formula is C24H27N3O2. The summed E-state index contributed by atoms with van der Waals surface area (Å²) < 4.78 is 11.5. The van der Waals surface area contributed by atoms with Gasteiger partial charge in [0, 0.05) is 61.6 Å². The Balaban J connectivity index is 1.31. The molecule has 3 aromatic rings. The Morgan fingerprint density at radius 3 is 2.48 bits per heavy atom. The Hall–Kier alpha value is -3.05. The first kappa shape index (κ1) is 19.3. The Morgan fingerprint density at radius 1 is 0.931 bits per heavy atom. The average Bonchev–Trinajstić information content (AvgIpc) is 2.79. The summed E-state index contributed by atoms with van der Waals surface area (Å²) in [6.07, 6.45) is 1.40. The maximum Gasteiger partial charge on any atom is 0.127 e. The third kappa shape index (κ3) is 4.35. The van der Waals surface area contributed by atoms with Crippen LogP contribution in [0.5, 0.6) is 11.5 Å². The molecule has 1 heterocycles. The number of fused-ring (bicyclic) bond motifs is 1. The van der Waals surface area contributed by atoms with Crippen molar-refractivity contribution in [1.82, 2.24) is 4.90 Å². The molecule has 5 nitrogen and oxygen atoms in total. The fraction of sp³-hybridized carbons (Fsp3) is 0.292. The minimum absolute atomic E-state index is 0.660. The molecule has 0 atom stereocenters. The summed E-state index contributed by atoms with van der Waals surface area (Å²) >= 11 is 0.